The standard InChI is InChI=1S/C17H16ClNO4S/c18-11-5-6-14(20)10(7-11)8-19-13(17(22)23)9-24-16(19)12-3-1-2-4-15(12)21/h1-7,13,16,20-21H,8-9H2,(H,22,23)/t13-,16-/m1/s1. The fraction of sp³-hybridized carbons (Fsp3) is 0.235. The molecule has 0 spiro atoms. The summed E-state index contributed by atoms with van der Waals surface area (Å²) in [7, 11) is 0. The maximum atomic E-state index is 11.6. The third kappa shape index (κ3) is 3.31. The summed E-state index contributed by atoms with van der Waals surface area (Å²) in [5.74, 6) is -0.338. The smallest absolute Gasteiger partial charge is 0.321 e. The predicted molar refractivity (Wildman–Crippen MR) is 93.4 cm³/mol. The summed E-state index contributed by atoms with van der Waals surface area (Å²) < 4.78 is 0. The van der Waals surface area contributed by atoms with Crippen LogP contribution in [0.25, 0.3) is 0 Å². The quantitative estimate of drug-likeness (QED) is 0.770. The summed E-state index contributed by atoms with van der Waals surface area (Å²) in [6, 6.07) is 10.9. The molecule has 2 atom stereocenters. The van der Waals surface area contributed by atoms with Gasteiger partial charge in [0, 0.05) is 28.4 Å². The second kappa shape index (κ2) is 6.93. The zero-order valence-corrected chi connectivity index (χ0v) is 14.2. The Bertz CT molecular complexity index is 770. The highest BCUT2D eigenvalue weighted by atomic mass is 35.5. The SMILES string of the molecule is O=C(O)[C@H]1CS[C@H](c2ccccc2O)N1Cc1cc(Cl)ccc1O. The Labute approximate surface area is 148 Å². The highest BCUT2D eigenvalue weighted by Gasteiger charge is 2.40. The normalized spacial score (nSPS) is 21.0. The van der Waals surface area contributed by atoms with Crippen LogP contribution in [0, 0.1) is 0 Å². The van der Waals surface area contributed by atoms with Crippen molar-refractivity contribution in [2.24, 2.45) is 0 Å². The molecule has 5 nitrogen and oxygen atoms in total. The van der Waals surface area contributed by atoms with Gasteiger partial charge in [-0.05, 0) is 24.3 Å². The molecule has 1 saturated heterocycles. The van der Waals surface area contributed by atoms with Crippen molar-refractivity contribution in [3.8, 4) is 11.5 Å². The molecule has 126 valence electrons. The molecule has 2 aromatic carbocycles. The zero-order valence-electron chi connectivity index (χ0n) is 12.6. The summed E-state index contributed by atoms with van der Waals surface area (Å²) in [5, 5.41) is 29.8. The second-order valence-corrected chi connectivity index (χ2v) is 7.09. The molecule has 0 unspecified atom stereocenters. The number of aliphatic carboxylic acids is 1. The molecule has 0 aliphatic carbocycles. The van der Waals surface area contributed by atoms with E-state index in [1.807, 2.05) is 0 Å². The van der Waals surface area contributed by atoms with Gasteiger partial charge in [0.05, 0.1) is 5.37 Å². The lowest BCUT2D eigenvalue weighted by Gasteiger charge is -2.28. The van der Waals surface area contributed by atoms with Crippen molar-refractivity contribution in [2.75, 3.05) is 5.75 Å². The largest absolute Gasteiger partial charge is 0.508 e. The molecule has 0 saturated carbocycles. The van der Waals surface area contributed by atoms with E-state index in [0.29, 0.717) is 21.9 Å². The van der Waals surface area contributed by atoms with E-state index in [4.69, 9.17) is 11.6 Å². The number of hydrogen-bond donors (Lipinski definition) is 3. The molecule has 1 aliphatic rings. The third-order valence-electron chi connectivity index (χ3n) is 4.00. The molecule has 7 heteroatoms. The van der Waals surface area contributed by atoms with Crippen molar-refractivity contribution in [1.29, 1.82) is 0 Å². The van der Waals surface area contributed by atoms with Gasteiger partial charge in [-0.3, -0.25) is 9.69 Å². The van der Waals surface area contributed by atoms with Crippen LogP contribution in [0.2, 0.25) is 5.02 Å². The molecule has 3 N–H and O–H groups in total. The van der Waals surface area contributed by atoms with Gasteiger partial charge in [-0.25, -0.2) is 0 Å². The first-order valence-corrected chi connectivity index (χ1v) is 8.75. The van der Waals surface area contributed by atoms with E-state index in [0.717, 1.165) is 0 Å². The number of phenolic OH excluding ortho intramolecular Hbond substituents is 2. The molecule has 0 radical (unpaired) electrons. The Hall–Kier alpha value is -1.89. The van der Waals surface area contributed by atoms with Crippen LogP contribution in [0.3, 0.4) is 0 Å². The average molecular weight is 366 g/mol. The van der Waals surface area contributed by atoms with Crippen LogP contribution < -0.4 is 0 Å². The number of rotatable bonds is 4. The van der Waals surface area contributed by atoms with Gasteiger partial charge < -0.3 is 15.3 Å². The van der Waals surface area contributed by atoms with Crippen molar-refractivity contribution in [2.45, 2.75) is 18.0 Å². The van der Waals surface area contributed by atoms with Crippen LogP contribution in [0.15, 0.2) is 42.5 Å². The lowest BCUT2D eigenvalue weighted by Crippen LogP contribution is -2.38. The Morgan fingerprint density at radius 2 is 1.96 bits per heavy atom. The van der Waals surface area contributed by atoms with E-state index in [9.17, 15) is 20.1 Å². The van der Waals surface area contributed by atoms with E-state index in [1.165, 1.54) is 17.8 Å². The van der Waals surface area contributed by atoms with Crippen molar-refractivity contribution in [1.82, 2.24) is 4.90 Å². The third-order valence-corrected chi connectivity index (χ3v) is 5.58. The molecule has 2 aromatic rings. The number of carboxylic acids is 1. The van der Waals surface area contributed by atoms with E-state index in [1.54, 1.807) is 41.3 Å². The number of carbonyl (C=O) groups is 1. The predicted octanol–water partition coefficient (Wildman–Crippen LogP) is 3.45. The minimum Gasteiger partial charge on any atom is -0.508 e. The number of phenols is 2. The van der Waals surface area contributed by atoms with Crippen molar-refractivity contribution < 1.29 is 20.1 Å². The van der Waals surface area contributed by atoms with E-state index in [2.05, 4.69) is 0 Å². The number of thioether (sulfide) groups is 1. The Kier molecular flexibility index (Phi) is 4.89. The van der Waals surface area contributed by atoms with Crippen molar-refractivity contribution in [3.05, 3.63) is 58.6 Å². The summed E-state index contributed by atoms with van der Waals surface area (Å²) in [5.41, 5.74) is 1.21. The number of benzene rings is 2. The number of hydrogen-bond acceptors (Lipinski definition) is 5. The molecule has 3 rings (SSSR count). The lowest BCUT2D eigenvalue weighted by molar-refractivity contribution is -0.142. The van der Waals surface area contributed by atoms with Crippen LogP contribution in [-0.2, 0) is 11.3 Å². The first kappa shape index (κ1) is 17.0. The van der Waals surface area contributed by atoms with Gasteiger partial charge in [0.2, 0.25) is 0 Å². The summed E-state index contributed by atoms with van der Waals surface area (Å²) in [6.45, 7) is 0.218. The van der Waals surface area contributed by atoms with Gasteiger partial charge >= 0.3 is 5.97 Å². The number of aromatic hydroxyl groups is 2. The van der Waals surface area contributed by atoms with Crippen LogP contribution in [0.5, 0.6) is 11.5 Å². The van der Waals surface area contributed by atoms with Gasteiger partial charge in [-0.2, -0.15) is 0 Å². The molecular formula is C17H16ClNO4S. The molecule has 1 heterocycles. The molecule has 0 aromatic heterocycles. The summed E-state index contributed by atoms with van der Waals surface area (Å²) in [6.07, 6.45) is 0. The lowest BCUT2D eigenvalue weighted by atomic mass is 10.1. The van der Waals surface area contributed by atoms with Gasteiger partial charge in [-0.15, -0.1) is 11.8 Å². The Morgan fingerprint density at radius 3 is 2.67 bits per heavy atom. The zero-order chi connectivity index (χ0) is 17.3. The van der Waals surface area contributed by atoms with Crippen LogP contribution in [-0.4, -0.2) is 38.0 Å². The highest BCUT2D eigenvalue weighted by molar-refractivity contribution is 7.99. The Balaban J connectivity index is 1.96. The minimum absolute atomic E-state index is 0.0662. The van der Waals surface area contributed by atoms with Crippen LogP contribution in [0.1, 0.15) is 16.5 Å². The molecular weight excluding hydrogens is 350 g/mol. The minimum atomic E-state index is -0.929. The number of nitrogens with zero attached hydrogens (tertiary/aromatic N) is 1. The van der Waals surface area contributed by atoms with Gasteiger partial charge in [-0.1, -0.05) is 29.8 Å². The van der Waals surface area contributed by atoms with Crippen molar-refractivity contribution >= 4 is 29.3 Å². The van der Waals surface area contributed by atoms with Gasteiger partial charge in [0.25, 0.3) is 0 Å². The van der Waals surface area contributed by atoms with Crippen LogP contribution >= 0.6 is 23.4 Å². The van der Waals surface area contributed by atoms with E-state index in [-0.39, 0.29) is 23.4 Å². The molecule has 24 heavy (non-hydrogen) atoms. The van der Waals surface area contributed by atoms with E-state index >= 15 is 0 Å². The molecule has 0 bridgehead atoms. The monoisotopic (exact) mass is 365 g/mol. The molecule has 1 fully saturated rings. The fourth-order valence-electron chi connectivity index (χ4n) is 2.79. The maximum absolute atomic E-state index is 11.6. The topological polar surface area (TPSA) is 81.0 Å². The van der Waals surface area contributed by atoms with Crippen LogP contribution in [0.4, 0.5) is 0 Å². The van der Waals surface area contributed by atoms with Gasteiger partial charge in [0.15, 0.2) is 0 Å². The van der Waals surface area contributed by atoms with Crippen molar-refractivity contribution in [3.63, 3.8) is 0 Å². The summed E-state index contributed by atoms with van der Waals surface area (Å²) >= 11 is 7.44. The number of carboxylic acid groups (broad SMARTS) is 1. The molecule has 0 amide bonds. The Morgan fingerprint density at radius 1 is 1.21 bits per heavy atom. The first-order chi connectivity index (χ1) is 11.5. The van der Waals surface area contributed by atoms with E-state index < -0.39 is 12.0 Å². The highest BCUT2D eigenvalue weighted by Crippen LogP contribution is 2.45. The summed E-state index contributed by atoms with van der Waals surface area (Å²) in [4.78, 5) is 13.4. The maximum Gasteiger partial charge on any atom is 0.321 e. The number of halogens is 1. The number of para-hydroxylation sites is 1. The first-order valence-electron chi connectivity index (χ1n) is 7.33. The second-order valence-electron chi connectivity index (χ2n) is 5.54. The van der Waals surface area contributed by atoms with Gasteiger partial charge in [0.1, 0.15) is 17.5 Å². The molecule has 1 aliphatic heterocycles. The fourth-order valence-corrected chi connectivity index (χ4v) is 4.47. The average Bonchev–Trinajstić information content (AvgIpc) is 2.95.